The van der Waals surface area contributed by atoms with Crippen molar-refractivity contribution in [3.63, 3.8) is 0 Å². The van der Waals surface area contributed by atoms with E-state index < -0.39 is 12.2 Å². The molecule has 3 aromatic rings. The van der Waals surface area contributed by atoms with Gasteiger partial charge < -0.3 is 56.7 Å². The number of phenolic OH excluding ortho intramolecular Hbond substituents is 1. The summed E-state index contributed by atoms with van der Waals surface area (Å²) >= 11 is 0. The molecule has 1 aliphatic heterocycles. The second kappa shape index (κ2) is 25.3. The number of aliphatic hydroxyl groups excluding tert-OH is 3. The van der Waals surface area contributed by atoms with Gasteiger partial charge in [-0.15, -0.1) is 0 Å². The number of unbranched alkanes of at least 4 members (excludes halogenated alkanes) is 1. The number of hydrogen-bond acceptors (Lipinski definition) is 11. The van der Waals surface area contributed by atoms with E-state index in [0.717, 1.165) is 84.4 Å². The van der Waals surface area contributed by atoms with Gasteiger partial charge in [0.2, 0.25) is 0 Å². The molecule has 11 N–H and O–H groups in total. The number of benzene rings is 1. The van der Waals surface area contributed by atoms with Crippen molar-refractivity contribution in [2.24, 2.45) is 57.4 Å². The average molecular weight is 1030 g/mol. The van der Waals surface area contributed by atoms with Gasteiger partial charge in [0.05, 0.1) is 18.8 Å². The van der Waals surface area contributed by atoms with Crippen LogP contribution in [0.3, 0.4) is 0 Å². The number of nitrogens with one attached hydrogen (secondary N) is 3. The maximum atomic E-state index is 11.6. The van der Waals surface area contributed by atoms with Crippen LogP contribution in [0.15, 0.2) is 39.7 Å². The third kappa shape index (κ3) is 13.4. The summed E-state index contributed by atoms with van der Waals surface area (Å²) < 4.78 is 12.6. The third-order valence-electron chi connectivity index (χ3n) is 18.7. The Balaban J connectivity index is 0.765. The Morgan fingerprint density at radius 2 is 1.76 bits per heavy atom. The minimum absolute atomic E-state index is 0.0105. The van der Waals surface area contributed by atoms with Crippen LogP contribution >= 0.6 is 21.6 Å². The Kier molecular flexibility index (Phi) is 19.0. The number of ether oxygens (including phenoxy) is 1. The molecule has 1 spiro atoms. The van der Waals surface area contributed by atoms with Crippen molar-refractivity contribution >= 4 is 27.5 Å². The van der Waals surface area contributed by atoms with Crippen LogP contribution in [0.5, 0.6) is 11.5 Å². The van der Waals surface area contributed by atoms with E-state index >= 15 is 0 Å². The number of aliphatic hydroxyl groups is 3. The van der Waals surface area contributed by atoms with Crippen LogP contribution in [0.2, 0.25) is 0 Å². The standard InChI is InChI=1S/C58H90N6O6S2/c1-36-16-19-40-25-42(34-71-72-35-52(36)64-57(60)62-43-11-4-5-12-43)49(59)27-39(40)10-3-6-15-55-41(32-65)26-44(70-55)20-17-38-18-21-53(67)56(24-38)69-33-54(68)50-28-46-47(31-61-30-37(2)66)45-13-9-14-48(45)58(22-7-8-23-58)29-51(46)63-50/h18,21,24,26,28,36-37,39-40,42-43,45,47-49,52,54,61,63,65-68H,3-17,19-20,22-23,25,27,29-35,59H2,1-2H3,(H3,60,62,64). The predicted molar refractivity (Wildman–Crippen MR) is 293 cm³/mol. The third-order valence-corrected chi connectivity index (χ3v) is 21.2. The lowest BCUT2D eigenvalue weighted by Crippen LogP contribution is -2.42. The van der Waals surface area contributed by atoms with Gasteiger partial charge in [-0.3, -0.25) is 0 Å². The predicted octanol–water partition coefficient (Wildman–Crippen LogP) is 10.00. The fourth-order valence-corrected chi connectivity index (χ4v) is 17.5. The molecule has 2 bridgehead atoms. The van der Waals surface area contributed by atoms with Crippen LogP contribution in [-0.2, 0) is 32.3 Å². The number of nitrogens with zero attached hydrogens (tertiary/aromatic N) is 1. The van der Waals surface area contributed by atoms with Gasteiger partial charge in [-0.2, -0.15) is 0 Å². The summed E-state index contributed by atoms with van der Waals surface area (Å²) in [5, 5.41) is 50.0. The lowest BCUT2D eigenvalue weighted by Gasteiger charge is -2.40. The number of H-pyrrole nitrogens is 1. The Labute approximate surface area is 438 Å². The molecule has 0 amide bonds. The summed E-state index contributed by atoms with van der Waals surface area (Å²) in [6.45, 7) is 5.57. The van der Waals surface area contributed by atoms with Crippen LogP contribution in [0.1, 0.15) is 181 Å². The molecular formula is C58H90N6O6S2. The largest absolute Gasteiger partial charge is 0.504 e. The van der Waals surface area contributed by atoms with Gasteiger partial charge in [-0.05, 0) is 167 Å². The van der Waals surface area contributed by atoms with E-state index in [1.807, 2.05) is 46.7 Å². The molecule has 1 aromatic carbocycles. The molecule has 72 heavy (non-hydrogen) atoms. The van der Waals surface area contributed by atoms with E-state index in [0.29, 0.717) is 78.1 Å². The summed E-state index contributed by atoms with van der Waals surface area (Å²) in [6, 6.07) is 10.6. The maximum Gasteiger partial charge on any atom is 0.189 e. The number of aromatic hydroxyl groups is 1. The summed E-state index contributed by atoms with van der Waals surface area (Å²) in [5.74, 6) is 8.85. The molecule has 9 rings (SSSR count). The number of hydrogen-bond donors (Lipinski definition) is 9. The van der Waals surface area contributed by atoms with Gasteiger partial charge in [0.15, 0.2) is 17.5 Å². The fourth-order valence-electron chi connectivity index (χ4n) is 14.7. The van der Waals surface area contributed by atoms with Gasteiger partial charge in [0.25, 0.3) is 0 Å². The summed E-state index contributed by atoms with van der Waals surface area (Å²) in [5.41, 5.74) is 18.9. The van der Waals surface area contributed by atoms with E-state index in [2.05, 4.69) is 28.6 Å². The monoisotopic (exact) mass is 1030 g/mol. The molecule has 3 heterocycles. The van der Waals surface area contributed by atoms with Crippen molar-refractivity contribution in [1.82, 2.24) is 15.6 Å². The van der Waals surface area contributed by atoms with Gasteiger partial charge >= 0.3 is 0 Å². The van der Waals surface area contributed by atoms with E-state index in [4.69, 9.17) is 25.6 Å². The van der Waals surface area contributed by atoms with Crippen molar-refractivity contribution in [1.29, 1.82) is 0 Å². The number of aryl methyl sites for hydroxylation is 3. The molecule has 5 aliphatic carbocycles. The maximum absolute atomic E-state index is 11.6. The van der Waals surface area contributed by atoms with Crippen LogP contribution < -0.4 is 26.8 Å². The highest BCUT2D eigenvalue weighted by Gasteiger charge is 2.52. The van der Waals surface area contributed by atoms with E-state index in [9.17, 15) is 20.4 Å². The lowest BCUT2D eigenvalue weighted by atomic mass is 9.66. The van der Waals surface area contributed by atoms with Gasteiger partial charge in [-0.25, -0.2) is 4.99 Å². The smallest absolute Gasteiger partial charge is 0.189 e. The highest BCUT2D eigenvalue weighted by atomic mass is 33.1. The molecule has 6 aliphatic rings. The Hall–Kier alpha value is -2.85. The van der Waals surface area contributed by atoms with Crippen molar-refractivity contribution in [2.45, 2.75) is 198 Å². The first-order valence-electron chi connectivity index (χ1n) is 28.5. The number of aromatic amines is 1. The highest BCUT2D eigenvalue weighted by molar-refractivity contribution is 8.76. The van der Waals surface area contributed by atoms with Gasteiger partial charge in [0, 0.05) is 72.4 Å². The molecule has 14 heteroatoms. The number of nitrogens with two attached hydrogens (primary N) is 2. The van der Waals surface area contributed by atoms with Gasteiger partial charge in [-0.1, -0.05) is 79.5 Å². The zero-order valence-electron chi connectivity index (χ0n) is 43.6. The summed E-state index contributed by atoms with van der Waals surface area (Å²) in [7, 11) is 3.94. The lowest BCUT2D eigenvalue weighted by molar-refractivity contribution is 0.101. The van der Waals surface area contributed by atoms with E-state index in [1.54, 1.807) is 6.07 Å². The number of guanidine groups is 1. The second-order valence-electron chi connectivity index (χ2n) is 23.7. The Morgan fingerprint density at radius 3 is 2.57 bits per heavy atom. The number of aromatic nitrogens is 1. The molecule has 4 saturated carbocycles. The first-order chi connectivity index (χ1) is 34.9. The zero-order chi connectivity index (χ0) is 50.2. The molecule has 1 saturated heterocycles. The topological polar surface area (TPSA) is 208 Å². The normalized spacial score (nSPS) is 29.9. The van der Waals surface area contributed by atoms with Crippen LogP contribution in [0, 0.1) is 40.9 Å². The molecule has 11 unspecified atom stereocenters. The van der Waals surface area contributed by atoms with Crippen LogP contribution in [0.4, 0.5) is 0 Å². The Morgan fingerprint density at radius 1 is 0.944 bits per heavy atom. The number of rotatable bonds is 19. The first-order valence-corrected chi connectivity index (χ1v) is 31.0. The number of fused-ring (bicyclic) bond motifs is 5. The first kappa shape index (κ1) is 54.0. The molecule has 5 fully saturated rings. The van der Waals surface area contributed by atoms with E-state index in [1.165, 1.54) is 108 Å². The van der Waals surface area contributed by atoms with Crippen LogP contribution in [0.25, 0.3) is 0 Å². The number of aliphatic imine (C=N–C) groups is 1. The van der Waals surface area contributed by atoms with Gasteiger partial charge in [0.1, 0.15) is 24.2 Å². The second-order valence-corrected chi connectivity index (χ2v) is 26.2. The fraction of sp³-hybridized carbons (Fsp3) is 0.741. The van der Waals surface area contributed by atoms with Crippen molar-refractivity contribution in [3.05, 3.63) is 69.9 Å². The molecule has 11 atom stereocenters. The average Bonchev–Trinajstić information content (AvgIpc) is 4.24. The Bertz CT molecular complexity index is 2200. The van der Waals surface area contributed by atoms with Crippen molar-refractivity contribution in [2.75, 3.05) is 31.2 Å². The zero-order valence-corrected chi connectivity index (χ0v) is 45.3. The highest BCUT2D eigenvalue weighted by Crippen LogP contribution is 2.60. The SMILES string of the molecule is CC(O)CNCC1c2cc(C(O)COc3cc(CCc4cc(CO)c(CCCCC5CC(N)C6CSSCC(N=C(N)NC7CCCC7)C(C)CCC5C6)o4)ccc3O)[nH]c2CC2(CCCC2)C2CCCC12. The van der Waals surface area contributed by atoms with E-state index in [-0.39, 0.29) is 31.0 Å². The number of furan rings is 1. The summed E-state index contributed by atoms with van der Waals surface area (Å²) in [4.78, 5) is 8.77. The minimum atomic E-state index is -0.888. The molecular weight excluding hydrogens is 941 g/mol. The van der Waals surface area contributed by atoms with Crippen LogP contribution in [-0.4, -0.2) is 86.8 Å². The van der Waals surface area contributed by atoms with Crippen molar-refractivity contribution < 1.29 is 29.6 Å². The summed E-state index contributed by atoms with van der Waals surface area (Å²) in [6.07, 6.45) is 23.8. The minimum Gasteiger partial charge on any atom is -0.504 e. The number of phenols is 1. The molecule has 400 valence electrons. The quantitative estimate of drug-likeness (QED) is 0.0238. The molecule has 2 aromatic heterocycles. The van der Waals surface area contributed by atoms with Crippen molar-refractivity contribution in [3.8, 4) is 11.5 Å². The molecule has 0 radical (unpaired) electrons. The molecule has 12 nitrogen and oxygen atoms in total.